The Kier molecular flexibility index (Phi) is 7.67. The molecule has 4 bridgehead atoms. The predicted octanol–water partition coefficient (Wildman–Crippen LogP) is 5.02. The molecule has 2 unspecified atom stereocenters. The second kappa shape index (κ2) is 11.6. The van der Waals surface area contributed by atoms with Crippen LogP contribution in [0.1, 0.15) is 79.0 Å². The van der Waals surface area contributed by atoms with Crippen LogP contribution in [0.5, 0.6) is 5.75 Å². The number of aliphatic hydroxyl groups is 1. The Balaban J connectivity index is 1.48. The monoisotopic (exact) mass is 656 g/mol. The highest BCUT2D eigenvalue weighted by Gasteiger charge is 2.61. The van der Waals surface area contributed by atoms with Crippen LogP contribution in [0.3, 0.4) is 0 Å². The molecule has 3 N–H and O–H groups in total. The number of nitrogens with zero attached hydrogens (tertiary/aromatic N) is 2. The zero-order chi connectivity index (χ0) is 33.2. The molecule has 1 spiro atoms. The van der Waals surface area contributed by atoms with Gasteiger partial charge in [-0.3, -0.25) is 9.59 Å². The van der Waals surface area contributed by atoms with E-state index in [0.717, 1.165) is 22.4 Å². The normalized spacial score (nSPS) is 23.1. The number of aromatic nitrogens is 2. The minimum absolute atomic E-state index is 0.126. The molecule has 1 amide bonds. The number of oxazole rings is 1. The Bertz CT molecular complexity index is 1900. The molecule has 5 atom stereocenters. The van der Waals surface area contributed by atoms with E-state index < -0.39 is 35.7 Å². The molecule has 0 saturated heterocycles. The highest BCUT2D eigenvalue weighted by molar-refractivity contribution is 7.13. The van der Waals surface area contributed by atoms with Crippen molar-refractivity contribution in [3.63, 3.8) is 0 Å². The van der Waals surface area contributed by atoms with Crippen molar-refractivity contribution in [1.29, 1.82) is 0 Å². The van der Waals surface area contributed by atoms with Gasteiger partial charge in [0.1, 0.15) is 34.0 Å². The number of fused-ring (bicyclic) bond motifs is 4. The number of Topliss-reactive ketones (excluding diaryl/α,β-unsaturated/α-hetero) is 1. The number of hydrogen-bond acceptors (Lipinski definition) is 11. The predicted molar refractivity (Wildman–Crippen MR) is 173 cm³/mol. The maximum atomic E-state index is 14.0. The molecule has 0 saturated carbocycles. The van der Waals surface area contributed by atoms with Crippen LogP contribution >= 0.6 is 11.3 Å². The maximum Gasteiger partial charge on any atom is 0.357 e. The van der Waals surface area contributed by atoms with E-state index in [-0.39, 0.29) is 48.0 Å². The molecule has 5 heterocycles. The molecule has 0 fully saturated rings. The van der Waals surface area contributed by atoms with E-state index in [0.29, 0.717) is 22.2 Å². The summed E-state index contributed by atoms with van der Waals surface area (Å²) in [6, 6.07) is 13.1. The number of methoxy groups -OCH3 is 1. The highest BCUT2D eigenvalue weighted by atomic mass is 32.1. The number of esters is 1. The van der Waals surface area contributed by atoms with Crippen LogP contribution in [0, 0.1) is 17.8 Å². The van der Waals surface area contributed by atoms with Crippen LogP contribution in [0.15, 0.2) is 52.3 Å². The number of anilines is 1. The van der Waals surface area contributed by atoms with E-state index in [1.165, 1.54) is 18.4 Å². The standard InChI is InChI=1S/C35H36N4O7S/c1-16(2)26-31-39-27(32-36-23(15-47-32)33(43)44-5)29(46-31)35-20-8-6-7-9-22(20)37-34(35)45-25-11-10-18(13-21(25)35)12-19(30(42)38-26)14-24(40)28(41)17(3)4/h6-11,13,15-17,19,26,28,34,37,41H,12,14H2,1-5H3,(H,38,42)/t19?,26-,28+,34+,35?/m1/s1. The number of para-hydroxylation sites is 1. The van der Waals surface area contributed by atoms with Crippen LogP contribution in [0.2, 0.25) is 0 Å². The van der Waals surface area contributed by atoms with Gasteiger partial charge in [-0.1, -0.05) is 58.0 Å². The number of carbonyl (C=O) groups excluding carboxylic acids is 3. The Morgan fingerprint density at radius 1 is 1.11 bits per heavy atom. The van der Waals surface area contributed by atoms with Crippen LogP contribution < -0.4 is 15.4 Å². The summed E-state index contributed by atoms with van der Waals surface area (Å²) in [5, 5.41) is 19.3. The third-order valence-corrected chi connectivity index (χ3v) is 10.2. The lowest BCUT2D eigenvalue weighted by Crippen LogP contribution is -2.41. The van der Waals surface area contributed by atoms with E-state index >= 15 is 0 Å². The largest absolute Gasteiger partial charge is 0.469 e. The van der Waals surface area contributed by atoms with Gasteiger partial charge in [-0.15, -0.1) is 11.3 Å². The number of thiazole rings is 1. The summed E-state index contributed by atoms with van der Waals surface area (Å²) in [5.41, 5.74) is 3.01. The molecule has 4 aromatic rings. The van der Waals surface area contributed by atoms with Crippen molar-refractivity contribution in [3.8, 4) is 16.5 Å². The average molecular weight is 657 g/mol. The molecule has 3 aliphatic rings. The van der Waals surface area contributed by atoms with E-state index in [4.69, 9.17) is 18.9 Å². The van der Waals surface area contributed by atoms with Gasteiger partial charge in [0.2, 0.25) is 11.8 Å². The zero-order valence-electron chi connectivity index (χ0n) is 26.7. The summed E-state index contributed by atoms with van der Waals surface area (Å²) < 4.78 is 18.4. The molecule has 2 aromatic carbocycles. The topological polar surface area (TPSA) is 153 Å². The number of benzene rings is 2. The zero-order valence-corrected chi connectivity index (χ0v) is 27.5. The SMILES string of the molecule is COC(=O)c1csc(-c2nc3oc2C24c5ccccc5N[C@H]2Oc2ccc(cc24)CC(CC(=O)[C@@H](O)C(C)C)C(=O)N[C@@H]3C(C)C)n1. The molecule has 244 valence electrons. The van der Waals surface area contributed by atoms with Gasteiger partial charge >= 0.3 is 5.97 Å². The Morgan fingerprint density at radius 2 is 1.89 bits per heavy atom. The van der Waals surface area contributed by atoms with Gasteiger partial charge in [-0.2, -0.15) is 0 Å². The van der Waals surface area contributed by atoms with Crippen molar-refractivity contribution >= 4 is 34.7 Å². The van der Waals surface area contributed by atoms with Crippen molar-refractivity contribution in [3.05, 3.63) is 81.9 Å². The molecule has 3 aliphatic heterocycles. The van der Waals surface area contributed by atoms with E-state index in [9.17, 15) is 19.5 Å². The van der Waals surface area contributed by atoms with E-state index in [1.807, 2.05) is 56.3 Å². The number of amides is 1. The van der Waals surface area contributed by atoms with Crippen molar-refractivity contribution < 1.29 is 33.4 Å². The number of carbonyl (C=O) groups is 3. The molecule has 12 heteroatoms. The Hall–Kier alpha value is -4.55. The maximum absolute atomic E-state index is 14.0. The number of aliphatic hydroxyl groups excluding tert-OH is 1. The van der Waals surface area contributed by atoms with Crippen molar-refractivity contribution in [2.24, 2.45) is 17.8 Å². The second-order valence-corrected chi connectivity index (χ2v) is 13.9. The summed E-state index contributed by atoms with van der Waals surface area (Å²) in [5.74, 6) is -1.09. The summed E-state index contributed by atoms with van der Waals surface area (Å²) >= 11 is 1.24. The van der Waals surface area contributed by atoms with E-state index in [2.05, 4.69) is 15.6 Å². The minimum Gasteiger partial charge on any atom is -0.469 e. The fourth-order valence-electron chi connectivity index (χ4n) is 6.88. The van der Waals surface area contributed by atoms with E-state index in [1.54, 1.807) is 19.2 Å². The number of ketones is 1. The lowest BCUT2D eigenvalue weighted by molar-refractivity contribution is -0.135. The van der Waals surface area contributed by atoms with Gasteiger partial charge in [0.15, 0.2) is 23.5 Å². The smallest absolute Gasteiger partial charge is 0.357 e. The van der Waals surface area contributed by atoms with Gasteiger partial charge < -0.3 is 29.6 Å². The van der Waals surface area contributed by atoms with Gasteiger partial charge in [-0.25, -0.2) is 14.8 Å². The molecular formula is C35H36N4O7S. The number of ether oxygens (including phenoxy) is 2. The highest BCUT2D eigenvalue weighted by Crippen LogP contribution is 2.59. The molecule has 11 nitrogen and oxygen atoms in total. The molecular weight excluding hydrogens is 620 g/mol. The Morgan fingerprint density at radius 3 is 2.64 bits per heavy atom. The first-order valence-corrected chi connectivity index (χ1v) is 16.6. The van der Waals surface area contributed by atoms with Crippen molar-refractivity contribution in [2.75, 3.05) is 12.4 Å². The summed E-state index contributed by atoms with van der Waals surface area (Å²) in [6.07, 6.45) is -1.63. The molecule has 47 heavy (non-hydrogen) atoms. The summed E-state index contributed by atoms with van der Waals surface area (Å²) in [6.45, 7) is 7.45. The lowest BCUT2D eigenvalue weighted by atomic mass is 9.72. The van der Waals surface area contributed by atoms with Gasteiger partial charge in [0, 0.05) is 29.0 Å². The quantitative estimate of drug-likeness (QED) is 0.231. The molecule has 2 aromatic heterocycles. The van der Waals surface area contributed by atoms with Crippen molar-refractivity contribution in [2.45, 2.75) is 64.3 Å². The van der Waals surface area contributed by atoms with Crippen LogP contribution in [0.25, 0.3) is 10.7 Å². The molecule has 0 aliphatic carbocycles. The van der Waals surface area contributed by atoms with Crippen LogP contribution in [-0.4, -0.2) is 52.2 Å². The van der Waals surface area contributed by atoms with Crippen LogP contribution in [-0.2, 0) is 26.2 Å². The Labute approximate surface area is 275 Å². The third-order valence-electron chi connectivity index (χ3n) is 9.34. The first-order valence-electron chi connectivity index (χ1n) is 15.8. The average Bonchev–Trinajstić information content (AvgIpc) is 3.83. The first-order chi connectivity index (χ1) is 22.5. The van der Waals surface area contributed by atoms with Crippen molar-refractivity contribution in [1.82, 2.24) is 15.3 Å². The molecule has 0 radical (unpaired) electrons. The first kappa shape index (κ1) is 31.1. The summed E-state index contributed by atoms with van der Waals surface area (Å²) in [7, 11) is 1.30. The van der Waals surface area contributed by atoms with Gasteiger partial charge in [0.25, 0.3) is 0 Å². The summed E-state index contributed by atoms with van der Waals surface area (Å²) in [4.78, 5) is 49.2. The number of nitrogens with one attached hydrogen (secondary N) is 2. The minimum atomic E-state index is -1.17. The second-order valence-electron chi connectivity index (χ2n) is 13.1. The molecule has 7 rings (SSSR count). The fraction of sp³-hybridized carbons (Fsp3) is 0.400. The number of rotatable bonds is 7. The number of hydrogen-bond donors (Lipinski definition) is 3. The van der Waals surface area contributed by atoms with Gasteiger partial charge in [-0.05, 0) is 41.5 Å². The third kappa shape index (κ3) is 4.92. The lowest BCUT2D eigenvalue weighted by Gasteiger charge is -2.28. The van der Waals surface area contributed by atoms with Crippen LogP contribution in [0.4, 0.5) is 5.69 Å². The van der Waals surface area contributed by atoms with Gasteiger partial charge in [0.05, 0.1) is 7.11 Å². The fourth-order valence-corrected chi connectivity index (χ4v) is 7.65.